The van der Waals surface area contributed by atoms with Gasteiger partial charge in [0.2, 0.25) is 0 Å². The van der Waals surface area contributed by atoms with E-state index in [1.54, 1.807) is 6.07 Å². The molecule has 2 unspecified atom stereocenters. The van der Waals surface area contributed by atoms with Crippen molar-refractivity contribution < 1.29 is 29.6 Å². The summed E-state index contributed by atoms with van der Waals surface area (Å²) < 4.78 is 10.7. The van der Waals surface area contributed by atoms with Crippen LogP contribution in [-0.2, 0) is 0 Å². The Hall–Kier alpha value is -2.61. The van der Waals surface area contributed by atoms with E-state index in [9.17, 15) is 25.2 Å². The number of ether oxygens (including phenoxy) is 1. The Labute approximate surface area is 181 Å². The summed E-state index contributed by atoms with van der Waals surface area (Å²) in [5.41, 5.74) is 0.461. The molecular formula is C24H32O7. The highest BCUT2D eigenvalue weighted by Crippen LogP contribution is 2.29. The maximum absolute atomic E-state index is 11.4. The zero-order valence-electron chi connectivity index (χ0n) is 18.5. The summed E-state index contributed by atoms with van der Waals surface area (Å²) in [5.74, 6) is 0.382. The number of allylic oxidation sites excluding steroid dienone is 2. The summed E-state index contributed by atoms with van der Waals surface area (Å²) in [5, 5.41) is 40.2. The summed E-state index contributed by atoms with van der Waals surface area (Å²) in [7, 11) is 0. The molecule has 170 valence electrons. The molecule has 2 atom stereocenters. The Bertz CT molecular complexity index is 995. The molecule has 0 saturated carbocycles. The number of aliphatic hydroxyl groups is 3. The first kappa shape index (κ1) is 24.7. The lowest BCUT2D eigenvalue weighted by molar-refractivity contribution is -0.105. The van der Waals surface area contributed by atoms with Crippen molar-refractivity contribution in [2.75, 3.05) is 6.61 Å². The van der Waals surface area contributed by atoms with Crippen molar-refractivity contribution in [2.24, 2.45) is 0 Å². The molecule has 0 amide bonds. The van der Waals surface area contributed by atoms with Gasteiger partial charge in [-0.15, -0.1) is 0 Å². The van der Waals surface area contributed by atoms with Gasteiger partial charge in [-0.05, 0) is 59.1 Å². The van der Waals surface area contributed by atoms with E-state index in [-0.39, 0.29) is 11.3 Å². The smallest absolute Gasteiger partial charge is 0.336 e. The molecule has 4 N–H and O–H groups in total. The van der Waals surface area contributed by atoms with Crippen LogP contribution in [0.2, 0.25) is 0 Å². The third-order valence-electron chi connectivity index (χ3n) is 5.02. The first-order valence-electron chi connectivity index (χ1n) is 10.3. The molecule has 31 heavy (non-hydrogen) atoms. The maximum Gasteiger partial charge on any atom is 0.336 e. The molecule has 0 bridgehead atoms. The average molecular weight is 433 g/mol. The third-order valence-corrected chi connectivity index (χ3v) is 5.02. The minimum absolute atomic E-state index is 0.0190. The van der Waals surface area contributed by atoms with Gasteiger partial charge in [0.05, 0.1) is 17.1 Å². The lowest BCUT2D eigenvalue weighted by Crippen LogP contribution is -2.44. The molecule has 0 aliphatic heterocycles. The molecular weight excluding hydrogens is 400 g/mol. The van der Waals surface area contributed by atoms with Gasteiger partial charge in [0.15, 0.2) is 0 Å². The van der Waals surface area contributed by atoms with Crippen molar-refractivity contribution in [3.8, 4) is 11.5 Å². The third kappa shape index (κ3) is 7.54. The van der Waals surface area contributed by atoms with Crippen LogP contribution >= 0.6 is 0 Å². The van der Waals surface area contributed by atoms with E-state index in [0.717, 1.165) is 24.0 Å². The molecule has 1 heterocycles. The Kier molecular flexibility index (Phi) is 8.44. The largest absolute Gasteiger partial charge is 0.507 e. The average Bonchev–Trinajstić information content (AvgIpc) is 2.66. The highest BCUT2D eigenvalue weighted by Gasteiger charge is 2.30. The van der Waals surface area contributed by atoms with Gasteiger partial charge < -0.3 is 29.6 Å². The summed E-state index contributed by atoms with van der Waals surface area (Å²) >= 11 is 0. The Balaban J connectivity index is 1.85. The van der Waals surface area contributed by atoms with Crippen LogP contribution in [0.5, 0.6) is 11.5 Å². The quantitative estimate of drug-likeness (QED) is 0.335. The van der Waals surface area contributed by atoms with E-state index in [0.29, 0.717) is 24.2 Å². The van der Waals surface area contributed by atoms with Gasteiger partial charge in [0, 0.05) is 18.2 Å². The van der Waals surface area contributed by atoms with Gasteiger partial charge in [-0.25, -0.2) is 4.79 Å². The molecule has 7 heteroatoms. The SMILES string of the molecule is CC(=CCOc1cc(O)c2ccc(=O)oc2c1)CCC=C(C)CC(O)C(O)C(C)(C)O. The molecule has 0 spiro atoms. The van der Waals surface area contributed by atoms with Crippen LogP contribution in [0.4, 0.5) is 0 Å². The minimum atomic E-state index is -1.35. The van der Waals surface area contributed by atoms with Crippen molar-refractivity contribution in [3.05, 3.63) is 58.0 Å². The van der Waals surface area contributed by atoms with Crippen LogP contribution in [0.25, 0.3) is 11.0 Å². The summed E-state index contributed by atoms with van der Waals surface area (Å²) in [6, 6.07) is 5.80. The molecule has 0 saturated heterocycles. The number of benzene rings is 1. The lowest BCUT2D eigenvalue weighted by atomic mass is 9.93. The number of fused-ring (bicyclic) bond motifs is 1. The predicted molar refractivity (Wildman–Crippen MR) is 119 cm³/mol. The highest BCUT2D eigenvalue weighted by molar-refractivity contribution is 5.84. The van der Waals surface area contributed by atoms with E-state index in [1.807, 2.05) is 26.0 Å². The van der Waals surface area contributed by atoms with E-state index < -0.39 is 23.4 Å². The van der Waals surface area contributed by atoms with Crippen LogP contribution in [-0.4, -0.2) is 44.8 Å². The van der Waals surface area contributed by atoms with Gasteiger partial charge in [-0.2, -0.15) is 0 Å². The fourth-order valence-electron chi connectivity index (χ4n) is 3.14. The topological polar surface area (TPSA) is 120 Å². The van der Waals surface area contributed by atoms with Gasteiger partial charge in [0.25, 0.3) is 0 Å². The molecule has 7 nitrogen and oxygen atoms in total. The molecule has 2 aromatic rings. The number of hydrogen-bond acceptors (Lipinski definition) is 7. The number of phenolic OH excluding ortho intramolecular Hbond substituents is 1. The lowest BCUT2D eigenvalue weighted by Gasteiger charge is -2.28. The van der Waals surface area contributed by atoms with Gasteiger partial charge >= 0.3 is 5.63 Å². The van der Waals surface area contributed by atoms with Gasteiger partial charge in [0.1, 0.15) is 29.8 Å². The first-order chi connectivity index (χ1) is 14.5. The molecule has 0 aliphatic carbocycles. The van der Waals surface area contributed by atoms with Crippen molar-refractivity contribution in [3.63, 3.8) is 0 Å². The van der Waals surface area contributed by atoms with E-state index in [1.165, 1.54) is 32.0 Å². The van der Waals surface area contributed by atoms with Crippen molar-refractivity contribution in [1.82, 2.24) is 0 Å². The fourth-order valence-corrected chi connectivity index (χ4v) is 3.14. The van der Waals surface area contributed by atoms with E-state index in [4.69, 9.17) is 9.15 Å². The van der Waals surface area contributed by atoms with Crippen LogP contribution in [0.1, 0.15) is 47.0 Å². The second-order valence-corrected chi connectivity index (χ2v) is 8.43. The summed E-state index contributed by atoms with van der Waals surface area (Å²) in [6.45, 7) is 7.09. The Morgan fingerprint density at radius 1 is 1.16 bits per heavy atom. The molecule has 1 aromatic carbocycles. The highest BCUT2D eigenvalue weighted by atomic mass is 16.5. The van der Waals surface area contributed by atoms with Gasteiger partial charge in [-0.1, -0.05) is 17.2 Å². The minimum Gasteiger partial charge on any atom is -0.507 e. The van der Waals surface area contributed by atoms with Crippen molar-refractivity contribution in [2.45, 2.75) is 64.8 Å². The van der Waals surface area contributed by atoms with Crippen molar-refractivity contribution >= 4 is 11.0 Å². The maximum atomic E-state index is 11.4. The van der Waals surface area contributed by atoms with Gasteiger partial charge in [-0.3, -0.25) is 0 Å². The zero-order chi connectivity index (χ0) is 23.2. The fraction of sp³-hybridized carbons (Fsp3) is 0.458. The normalized spacial score (nSPS) is 15.2. The predicted octanol–water partition coefficient (Wildman–Crippen LogP) is 3.43. The van der Waals surface area contributed by atoms with Crippen LogP contribution < -0.4 is 10.4 Å². The second kappa shape index (κ2) is 10.6. The number of hydrogen-bond donors (Lipinski definition) is 4. The molecule has 1 aromatic heterocycles. The van der Waals surface area contributed by atoms with E-state index in [2.05, 4.69) is 0 Å². The molecule has 2 rings (SSSR count). The molecule has 0 aliphatic rings. The number of rotatable bonds is 10. The number of aromatic hydroxyl groups is 1. The number of phenols is 1. The monoisotopic (exact) mass is 432 g/mol. The molecule has 0 radical (unpaired) electrons. The van der Waals surface area contributed by atoms with Crippen LogP contribution in [0, 0.1) is 0 Å². The van der Waals surface area contributed by atoms with Crippen LogP contribution in [0.3, 0.4) is 0 Å². The summed E-state index contributed by atoms with van der Waals surface area (Å²) in [4.78, 5) is 11.4. The van der Waals surface area contributed by atoms with E-state index >= 15 is 0 Å². The molecule has 0 fully saturated rings. The van der Waals surface area contributed by atoms with Crippen LogP contribution in [0.15, 0.2) is 56.8 Å². The Morgan fingerprint density at radius 3 is 2.55 bits per heavy atom. The second-order valence-electron chi connectivity index (χ2n) is 8.43. The zero-order valence-corrected chi connectivity index (χ0v) is 18.5. The summed E-state index contributed by atoms with van der Waals surface area (Å²) in [6.07, 6.45) is 3.55. The standard InChI is InChI=1S/C24H32O7/c1-15(6-5-7-16(2)12-20(26)23(28)24(3,4)29)10-11-30-17-13-19(25)18-8-9-22(27)31-21(18)14-17/h7-10,13-14,20,23,25-26,28-29H,5-6,11-12H2,1-4H3. The first-order valence-corrected chi connectivity index (χ1v) is 10.3. The van der Waals surface area contributed by atoms with Crippen molar-refractivity contribution in [1.29, 1.82) is 0 Å². The Morgan fingerprint density at radius 2 is 1.87 bits per heavy atom. The number of aliphatic hydroxyl groups excluding tert-OH is 2.